The summed E-state index contributed by atoms with van der Waals surface area (Å²) >= 11 is 1.45. The summed E-state index contributed by atoms with van der Waals surface area (Å²) in [5, 5.41) is 16.9. The van der Waals surface area contributed by atoms with E-state index in [1.165, 1.54) is 23.5 Å². The van der Waals surface area contributed by atoms with Gasteiger partial charge in [0.05, 0.1) is 40.6 Å². The van der Waals surface area contributed by atoms with E-state index in [0.717, 1.165) is 28.9 Å². The number of thiazole rings is 1. The molecular weight excluding hydrogens is 485 g/mol. The third-order valence-electron chi connectivity index (χ3n) is 5.87. The van der Waals surface area contributed by atoms with Crippen molar-refractivity contribution in [3.63, 3.8) is 0 Å². The summed E-state index contributed by atoms with van der Waals surface area (Å²) < 4.78 is 28.8. The highest BCUT2D eigenvalue weighted by atomic mass is 32.2. The van der Waals surface area contributed by atoms with E-state index < -0.39 is 11.0 Å². The van der Waals surface area contributed by atoms with Crippen LogP contribution in [0.25, 0.3) is 22.5 Å². The molecule has 1 aliphatic heterocycles. The number of halogens is 1. The van der Waals surface area contributed by atoms with Crippen LogP contribution in [0.3, 0.4) is 0 Å². The molecule has 0 saturated heterocycles. The van der Waals surface area contributed by atoms with E-state index in [1.807, 2.05) is 33.8 Å². The molecular formula is C24H22FN7OS2. The van der Waals surface area contributed by atoms with E-state index in [9.17, 15) is 13.9 Å². The fourth-order valence-electron chi connectivity index (χ4n) is 4.05. The molecule has 0 aliphatic carbocycles. The molecule has 8 nitrogen and oxygen atoms in total. The van der Waals surface area contributed by atoms with Crippen LogP contribution in [0.1, 0.15) is 17.8 Å². The first-order chi connectivity index (χ1) is 16.9. The maximum Gasteiger partial charge on any atom is 0.191 e. The van der Waals surface area contributed by atoms with Crippen molar-refractivity contribution < 1.29 is 8.60 Å². The van der Waals surface area contributed by atoms with Crippen LogP contribution in [0, 0.1) is 17.1 Å². The molecule has 0 spiro atoms. The summed E-state index contributed by atoms with van der Waals surface area (Å²) in [6, 6.07) is 12.3. The zero-order valence-electron chi connectivity index (χ0n) is 19.2. The van der Waals surface area contributed by atoms with Gasteiger partial charge in [0, 0.05) is 37.3 Å². The smallest absolute Gasteiger partial charge is 0.191 e. The SMILES string of the molecule is CN(c1nc(-c2ccc(F)cc2)cs1)c1c(CC#N)nc2ccc(C3=CCN(S(C)=O)CC3)nn12. The van der Waals surface area contributed by atoms with Crippen LogP contribution < -0.4 is 4.90 Å². The summed E-state index contributed by atoms with van der Waals surface area (Å²) in [5.41, 5.74) is 4.73. The van der Waals surface area contributed by atoms with Crippen LogP contribution in [-0.4, -0.2) is 54.5 Å². The highest BCUT2D eigenvalue weighted by molar-refractivity contribution is 7.81. The van der Waals surface area contributed by atoms with Gasteiger partial charge in [-0.05, 0) is 48.4 Å². The second kappa shape index (κ2) is 9.65. The molecule has 0 radical (unpaired) electrons. The second-order valence-corrected chi connectivity index (χ2v) is 10.3. The Kier molecular flexibility index (Phi) is 6.42. The van der Waals surface area contributed by atoms with Crippen LogP contribution in [0.5, 0.6) is 0 Å². The average Bonchev–Trinajstić information content (AvgIpc) is 3.49. The van der Waals surface area contributed by atoms with Crippen molar-refractivity contribution in [1.29, 1.82) is 5.26 Å². The zero-order chi connectivity index (χ0) is 24.5. The molecule has 1 unspecified atom stereocenters. The summed E-state index contributed by atoms with van der Waals surface area (Å²) in [5.74, 6) is 0.384. The molecule has 1 atom stereocenters. The fourth-order valence-corrected chi connectivity index (χ4v) is 5.48. The molecule has 0 saturated carbocycles. The highest BCUT2D eigenvalue weighted by Gasteiger charge is 2.22. The van der Waals surface area contributed by atoms with E-state index in [0.29, 0.717) is 35.4 Å². The number of rotatable bonds is 6. The van der Waals surface area contributed by atoms with Crippen molar-refractivity contribution in [3.8, 4) is 17.3 Å². The molecule has 5 rings (SSSR count). The lowest BCUT2D eigenvalue weighted by atomic mass is 10.1. The Morgan fingerprint density at radius 3 is 2.69 bits per heavy atom. The number of fused-ring (bicyclic) bond motifs is 1. The van der Waals surface area contributed by atoms with Crippen LogP contribution in [-0.2, 0) is 17.4 Å². The van der Waals surface area contributed by atoms with Gasteiger partial charge in [-0.1, -0.05) is 6.08 Å². The maximum absolute atomic E-state index is 13.3. The van der Waals surface area contributed by atoms with Gasteiger partial charge in [-0.2, -0.15) is 14.9 Å². The zero-order valence-corrected chi connectivity index (χ0v) is 20.8. The molecule has 11 heteroatoms. The number of hydrogen-bond acceptors (Lipinski definition) is 7. The van der Waals surface area contributed by atoms with Gasteiger partial charge in [0.2, 0.25) is 0 Å². The highest BCUT2D eigenvalue weighted by Crippen LogP contribution is 2.34. The van der Waals surface area contributed by atoms with Gasteiger partial charge in [0.15, 0.2) is 16.6 Å². The Labute approximate surface area is 208 Å². The number of aromatic nitrogens is 4. The van der Waals surface area contributed by atoms with Gasteiger partial charge in [-0.15, -0.1) is 11.3 Å². The minimum Gasteiger partial charge on any atom is -0.304 e. The number of hydrogen-bond donors (Lipinski definition) is 0. The van der Waals surface area contributed by atoms with Crippen molar-refractivity contribution in [2.45, 2.75) is 12.8 Å². The third-order valence-corrected chi connectivity index (χ3v) is 7.85. The normalized spacial score (nSPS) is 15.1. The van der Waals surface area contributed by atoms with Gasteiger partial charge < -0.3 is 4.90 Å². The predicted octanol–water partition coefficient (Wildman–Crippen LogP) is 4.21. The first-order valence-corrected chi connectivity index (χ1v) is 13.3. The number of imidazole rings is 1. The molecule has 0 N–H and O–H groups in total. The van der Waals surface area contributed by atoms with E-state index in [2.05, 4.69) is 17.1 Å². The van der Waals surface area contributed by atoms with Gasteiger partial charge in [0.1, 0.15) is 5.82 Å². The largest absolute Gasteiger partial charge is 0.304 e. The number of anilines is 2. The fraction of sp³-hybridized carbons (Fsp3) is 0.250. The lowest BCUT2D eigenvalue weighted by Crippen LogP contribution is -2.29. The van der Waals surface area contributed by atoms with E-state index in [1.54, 1.807) is 22.9 Å². The molecule has 4 aromatic rings. The summed E-state index contributed by atoms with van der Waals surface area (Å²) in [7, 11) is 0.878. The second-order valence-electron chi connectivity index (χ2n) is 8.08. The molecule has 0 bridgehead atoms. The summed E-state index contributed by atoms with van der Waals surface area (Å²) in [4.78, 5) is 11.3. The van der Waals surface area contributed by atoms with Crippen molar-refractivity contribution in [3.05, 3.63) is 65.1 Å². The molecule has 1 aliphatic rings. The van der Waals surface area contributed by atoms with Crippen LogP contribution >= 0.6 is 11.3 Å². The summed E-state index contributed by atoms with van der Waals surface area (Å²) in [6.07, 6.45) is 4.63. The van der Waals surface area contributed by atoms with Crippen molar-refractivity contribution >= 4 is 44.5 Å². The lowest BCUT2D eigenvalue weighted by molar-refractivity contribution is 0.486. The molecule has 0 fully saturated rings. The Balaban J connectivity index is 1.53. The lowest BCUT2D eigenvalue weighted by Gasteiger charge is -2.23. The quantitative estimate of drug-likeness (QED) is 0.388. The first-order valence-electron chi connectivity index (χ1n) is 10.9. The van der Waals surface area contributed by atoms with E-state index in [-0.39, 0.29) is 12.2 Å². The number of nitriles is 1. The minimum atomic E-state index is -0.997. The Morgan fingerprint density at radius 2 is 2.00 bits per heavy atom. The van der Waals surface area contributed by atoms with Crippen molar-refractivity contribution in [2.24, 2.45) is 0 Å². The van der Waals surface area contributed by atoms with Gasteiger partial charge in [0.25, 0.3) is 0 Å². The first kappa shape index (κ1) is 23.3. The van der Waals surface area contributed by atoms with Crippen LogP contribution in [0.4, 0.5) is 15.3 Å². The topological polar surface area (TPSA) is 90.4 Å². The molecule has 35 heavy (non-hydrogen) atoms. The van der Waals surface area contributed by atoms with Crippen LogP contribution in [0.2, 0.25) is 0 Å². The van der Waals surface area contributed by atoms with Crippen LogP contribution in [0.15, 0.2) is 47.9 Å². The monoisotopic (exact) mass is 507 g/mol. The molecule has 0 amide bonds. The minimum absolute atomic E-state index is 0.133. The summed E-state index contributed by atoms with van der Waals surface area (Å²) in [6.45, 7) is 1.32. The van der Waals surface area contributed by atoms with Crippen molar-refractivity contribution in [1.82, 2.24) is 23.9 Å². The standard InChI is InChI=1S/C24H22FN7OS2/c1-30(24-28-21(15-34-24)16-3-5-18(25)6-4-16)23-20(9-12-26)27-22-8-7-19(29-32(22)23)17-10-13-31(14-11-17)35(2)33/h3-8,10,15H,9,11,13-14H2,1-2H3. The van der Waals surface area contributed by atoms with E-state index in [4.69, 9.17) is 10.1 Å². The molecule has 3 aromatic heterocycles. The molecule has 1 aromatic carbocycles. The molecule has 4 heterocycles. The number of nitrogens with zero attached hydrogens (tertiary/aromatic N) is 7. The third kappa shape index (κ3) is 4.60. The van der Waals surface area contributed by atoms with Gasteiger partial charge >= 0.3 is 0 Å². The Morgan fingerprint density at radius 1 is 1.20 bits per heavy atom. The molecule has 178 valence electrons. The van der Waals surface area contributed by atoms with Crippen molar-refractivity contribution in [2.75, 3.05) is 31.3 Å². The maximum atomic E-state index is 13.3. The number of benzene rings is 1. The Hall–Kier alpha value is -3.46. The predicted molar refractivity (Wildman–Crippen MR) is 136 cm³/mol. The van der Waals surface area contributed by atoms with Gasteiger partial charge in [-0.3, -0.25) is 0 Å². The van der Waals surface area contributed by atoms with E-state index >= 15 is 0 Å². The average molecular weight is 508 g/mol. The Bertz CT molecular complexity index is 1490. The van der Waals surface area contributed by atoms with Gasteiger partial charge in [-0.25, -0.2) is 22.9 Å².